The number of sulfone groups is 1. The molecule has 0 bridgehead atoms. The Labute approximate surface area is 233 Å². The minimum atomic E-state index is -3.34. The highest BCUT2D eigenvalue weighted by Gasteiger charge is 2.34. The molecule has 3 N–H and O–H groups in total. The Kier molecular flexibility index (Phi) is 10.8. The molecule has 8 nitrogen and oxygen atoms in total. The van der Waals surface area contributed by atoms with Gasteiger partial charge >= 0.3 is 0 Å². The number of amides is 2. The molecule has 2 amide bonds. The molecule has 0 saturated carbocycles. The predicted octanol–water partition coefficient (Wildman–Crippen LogP) is -3.83. The normalized spacial score (nSPS) is 15.5. The molecule has 4 rings (SSSR count). The summed E-state index contributed by atoms with van der Waals surface area (Å²) in [5.74, 6) is -1.09. The highest BCUT2D eigenvalue weighted by molar-refractivity contribution is 7.90. The first kappa shape index (κ1) is 31.2. The summed E-state index contributed by atoms with van der Waals surface area (Å²) in [7, 11) is -3.34. The summed E-state index contributed by atoms with van der Waals surface area (Å²) in [6.45, 7) is 0.181. The summed E-state index contributed by atoms with van der Waals surface area (Å²) in [4.78, 5) is 32.2. The minimum Gasteiger partial charge on any atom is -1.00 e. The lowest BCUT2D eigenvalue weighted by Gasteiger charge is -2.34. The van der Waals surface area contributed by atoms with Crippen LogP contribution in [-0.2, 0) is 38.8 Å². The van der Waals surface area contributed by atoms with Gasteiger partial charge in [-0.2, -0.15) is 0 Å². The van der Waals surface area contributed by atoms with Crippen molar-refractivity contribution in [3.63, 3.8) is 0 Å². The highest BCUT2D eigenvalue weighted by atomic mass is 35.5. The SMILES string of the molecule is CS(=O)(=O)c1ccc(CN2C(=O)C(NC(=O)C[C@H](N)Cc3ccccc3F)Cc3ncccc32)cc1.[Cl-].[Cl-]. The molecule has 0 aliphatic carbocycles. The smallest absolute Gasteiger partial charge is 0.250 e. The molecule has 1 aliphatic rings. The average molecular weight is 581 g/mol. The van der Waals surface area contributed by atoms with Gasteiger partial charge in [-0.05, 0) is 47.9 Å². The molecular weight excluding hydrogens is 554 g/mol. The van der Waals surface area contributed by atoms with Crippen LogP contribution in [0.4, 0.5) is 10.1 Å². The number of nitrogens with zero attached hydrogens (tertiary/aromatic N) is 2. The third kappa shape index (κ3) is 7.50. The van der Waals surface area contributed by atoms with Crippen molar-refractivity contribution < 1.29 is 47.2 Å². The van der Waals surface area contributed by atoms with E-state index in [1.807, 2.05) is 0 Å². The largest absolute Gasteiger partial charge is 1.00 e. The first-order valence-corrected chi connectivity index (χ1v) is 13.3. The van der Waals surface area contributed by atoms with Crippen molar-refractivity contribution in [1.29, 1.82) is 0 Å². The monoisotopic (exact) mass is 580 g/mol. The molecule has 0 radical (unpaired) electrons. The molecule has 1 aromatic heterocycles. The second-order valence-corrected chi connectivity index (χ2v) is 10.9. The quantitative estimate of drug-likeness (QED) is 0.281. The van der Waals surface area contributed by atoms with Crippen LogP contribution in [0.2, 0.25) is 0 Å². The Hall–Kier alpha value is -3.05. The van der Waals surface area contributed by atoms with Crippen molar-refractivity contribution in [3.05, 3.63) is 89.5 Å². The van der Waals surface area contributed by atoms with E-state index < -0.39 is 27.8 Å². The summed E-state index contributed by atoms with van der Waals surface area (Å²) in [5, 5.41) is 2.76. The van der Waals surface area contributed by atoms with Crippen molar-refractivity contribution in [1.82, 2.24) is 10.3 Å². The van der Waals surface area contributed by atoms with Crippen molar-refractivity contribution in [2.24, 2.45) is 5.73 Å². The summed E-state index contributed by atoms with van der Waals surface area (Å²) in [6, 6.07) is 14.6. The van der Waals surface area contributed by atoms with Crippen LogP contribution in [-0.4, -0.2) is 43.6 Å². The molecule has 204 valence electrons. The van der Waals surface area contributed by atoms with Crippen LogP contribution >= 0.6 is 0 Å². The first-order chi connectivity index (χ1) is 17.1. The minimum absolute atomic E-state index is 0. The number of aromatic nitrogens is 1. The van der Waals surface area contributed by atoms with Crippen molar-refractivity contribution in [2.45, 2.75) is 42.8 Å². The van der Waals surface area contributed by atoms with Gasteiger partial charge in [-0.1, -0.05) is 30.3 Å². The van der Waals surface area contributed by atoms with Gasteiger partial charge in [-0.25, -0.2) is 12.8 Å². The number of carbonyl (C=O) groups excluding carboxylic acids is 2. The van der Waals surface area contributed by atoms with E-state index in [-0.39, 0.29) is 67.2 Å². The molecule has 1 aliphatic heterocycles. The second-order valence-electron chi connectivity index (χ2n) is 8.89. The van der Waals surface area contributed by atoms with E-state index in [2.05, 4.69) is 10.3 Å². The third-order valence-electron chi connectivity index (χ3n) is 6.03. The highest BCUT2D eigenvalue weighted by Crippen LogP contribution is 2.28. The topological polar surface area (TPSA) is 122 Å². The molecule has 12 heteroatoms. The number of hydrogen-bond donors (Lipinski definition) is 2. The number of hydrogen-bond acceptors (Lipinski definition) is 6. The summed E-state index contributed by atoms with van der Waals surface area (Å²) in [5.41, 5.74) is 8.53. The molecule has 0 saturated heterocycles. The van der Waals surface area contributed by atoms with Crippen LogP contribution in [0.5, 0.6) is 0 Å². The number of fused-ring (bicyclic) bond motifs is 1. The summed E-state index contributed by atoms with van der Waals surface area (Å²) >= 11 is 0. The number of nitrogens with one attached hydrogen (secondary N) is 1. The molecule has 0 fully saturated rings. The number of rotatable bonds is 8. The van der Waals surface area contributed by atoms with Crippen LogP contribution < -0.4 is 40.8 Å². The van der Waals surface area contributed by atoms with Crippen molar-refractivity contribution in [3.8, 4) is 0 Å². The van der Waals surface area contributed by atoms with E-state index in [0.717, 1.165) is 11.8 Å². The Morgan fingerprint density at radius 1 is 1.13 bits per heavy atom. The molecule has 38 heavy (non-hydrogen) atoms. The molecule has 3 aromatic rings. The van der Waals surface area contributed by atoms with Gasteiger partial charge in [-0.3, -0.25) is 14.6 Å². The van der Waals surface area contributed by atoms with Gasteiger partial charge in [0.1, 0.15) is 11.9 Å². The van der Waals surface area contributed by atoms with Gasteiger partial charge in [0, 0.05) is 31.3 Å². The molecule has 2 aromatic carbocycles. The maximum absolute atomic E-state index is 13.9. The van der Waals surface area contributed by atoms with Crippen LogP contribution in [0, 0.1) is 5.82 Å². The lowest BCUT2D eigenvalue weighted by atomic mass is 9.99. The van der Waals surface area contributed by atoms with Gasteiger partial charge in [0.2, 0.25) is 11.8 Å². The van der Waals surface area contributed by atoms with Gasteiger partial charge in [0.15, 0.2) is 9.84 Å². The number of nitrogens with two attached hydrogens (primary N) is 1. The van der Waals surface area contributed by atoms with Gasteiger partial charge in [0.05, 0.1) is 22.8 Å². The summed E-state index contributed by atoms with van der Waals surface area (Å²) < 4.78 is 37.4. The fourth-order valence-corrected chi connectivity index (χ4v) is 4.86. The fraction of sp³-hybridized carbons (Fsp3) is 0.269. The third-order valence-corrected chi connectivity index (χ3v) is 7.16. The average Bonchev–Trinajstić information content (AvgIpc) is 2.83. The number of pyridine rings is 1. The maximum Gasteiger partial charge on any atom is 0.250 e. The predicted molar refractivity (Wildman–Crippen MR) is 133 cm³/mol. The molecule has 0 spiro atoms. The Morgan fingerprint density at radius 3 is 2.47 bits per heavy atom. The van der Waals surface area contributed by atoms with E-state index in [0.29, 0.717) is 16.9 Å². The molecular formula is C26H27Cl2FN4O4S-2. The van der Waals surface area contributed by atoms with E-state index in [4.69, 9.17) is 5.73 Å². The van der Waals surface area contributed by atoms with Gasteiger partial charge in [-0.15, -0.1) is 0 Å². The van der Waals surface area contributed by atoms with E-state index in [1.54, 1.807) is 48.7 Å². The number of anilines is 1. The number of halogens is 3. The van der Waals surface area contributed by atoms with Crippen molar-refractivity contribution >= 4 is 27.3 Å². The number of benzene rings is 2. The Balaban J connectivity index is 0.00000253. The summed E-state index contributed by atoms with van der Waals surface area (Å²) in [6.07, 6.45) is 3.11. The lowest BCUT2D eigenvalue weighted by molar-refractivity contribution is -0.128. The fourth-order valence-electron chi connectivity index (χ4n) is 4.23. The molecule has 1 unspecified atom stereocenters. The first-order valence-electron chi connectivity index (χ1n) is 11.4. The maximum atomic E-state index is 13.9. The second kappa shape index (κ2) is 13.1. The standard InChI is InChI=1S/C26H27FN4O4S.2ClH/c1-36(34,35)20-10-8-17(9-11-20)16-31-24-7-4-12-29-22(24)15-23(26(31)33)30-25(32)14-19(28)13-18-5-2-3-6-21(18)27;;/h2-12,19,23H,13-16,28H2,1H3,(H,30,32);2*1H/p-2/t19-,23?;;/m1../s1. The molecule has 2 heterocycles. The van der Waals surface area contributed by atoms with E-state index in [1.165, 1.54) is 23.1 Å². The van der Waals surface area contributed by atoms with Crippen LogP contribution in [0.15, 0.2) is 71.8 Å². The van der Waals surface area contributed by atoms with Crippen LogP contribution in [0.3, 0.4) is 0 Å². The zero-order chi connectivity index (χ0) is 25.9. The Bertz CT molecular complexity index is 1390. The zero-order valence-electron chi connectivity index (χ0n) is 20.5. The van der Waals surface area contributed by atoms with Crippen LogP contribution in [0.1, 0.15) is 23.2 Å². The number of carbonyl (C=O) groups is 2. The van der Waals surface area contributed by atoms with E-state index in [9.17, 15) is 22.4 Å². The van der Waals surface area contributed by atoms with E-state index >= 15 is 0 Å². The van der Waals surface area contributed by atoms with Crippen molar-refractivity contribution in [2.75, 3.05) is 11.2 Å². The zero-order valence-corrected chi connectivity index (χ0v) is 22.8. The lowest BCUT2D eigenvalue weighted by Crippen LogP contribution is -3.00. The Morgan fingerprint density at radius 2 is 1.82 bits per heavy atom. The van der Waals surface area contributed by atoms with Gasteiger partial charge in [0.25, 0.3) is 0 Å². The molecule has 2 atom stereocenters. The van der Waals surface area contributed by atoms with Gasteiger partial charge < -0.3 is 40.8 Å². The van der Waals surface area contributed by atoms with Crippen LogP contribution in [0.25, 0.3) is 0 Å².